The molecule has 1 aromatic heterocycles. The second-order valence-electron chi connectivity index (χ2n) is 6.02. The van der Waals surface area contributed by atoms with Crippen LogP contribution in [-0.4, -0.2) is 28.0 Å². The first-order chi connectivity index (χ1) is 14.1. The van der Waals surface area contributed by atoms with Crippen LogP contribution in [0.2, 0.25) is 0 Å². The third-order valence-electron chi connectivity index (χ3n) is 4.17. The maximum atomic E-state index is 11.8. The molecule has 1 heterocycles. The van der Waals surface area contributed by atoms with Crippen molar-refractivity contribution >= 4 is 22.3 Å². The second-order valence-corrected chi connectivity index (χ2v) is 6.02. The summed E-state index contributed by atoms with van der Waals surface area (Å²) >= 11 is 0. The van der Waals surface area contributed by atoms with Crippen molar-refractivity contribution in [3.8, 4) is 23.8 Å². The third-order valence-corrected chi connectivity index (χ3v) is 4.17. The summed E-state index contributed by atoms with van der Waals surface area (Å²) in [5.74, 6) is 0.220. The number of anilines is 1. The van der Waals surface area contributed by atoms with Crippen molar-refractivity contribution in [2.45, 2.75) is 12.8 Å². The average Bonchev–Trinajstić information content (AvgIpc) is 2.73. The van der Waals surface area contributed by atoms with Crippen LogP contribution in [0.4, 0.5) is 11.5 Å². The first kappa shape index (κ1) is 19.5. The lowest BCUT2D eigenvalue weighted by molar-refractivity contribution is -0.385. The van der Waals surface area contributed by atoms with Crippen molar-refractivity contribution in [2.75, 3.05) is 18.0 Å². The van der Waals surface area contributed by atoms with Gasteiger partial charge in [-0.3, -0.25) is 10.1 Å². The molecule has 0 bridgehead atoms. The van der Waals surface area contributed by atoms with Gasteiger partial charge in [0.2, 0.25) is 5.82 Å². The summed E-state index contributed by atoms with van der Waals surface area (Å²) in [6.07, 6.45) is 1.44. The average molecular weight is 388 g/mol. The molecular formula is C20H16N6O3. The van der Waals surface area contributed by atoms with Crippen molar-refractivity contribution in [3.05, 3.63) is 58.9 Å². The summed E-state index contributed by atoms with van der Waals surface area (Å²) in [4.78, 5) is 20.7. The minimum absolute atomic E-state index is 0.0197. The van der Waals surface area contributed by atoms with E-state index in [1.807, 2.05) is 42.5 Å². The largest absolute Gasteiger partial charge is 0.434 e. The monoisotopic (exact) mass is 388 g/mol. The predicted molar refractivity (Wildman–Crippen MR) is 105 cm³/mol. The van der Waals surface area contributed by atoms with Gasteiger partial charge in [-0.05, 0) is 22.9 Å². The summed E-state index contributed by atoms with van der Waals surface area (Å²) in [5, 5.41) is 31.5. The van der Waals surface area contributed by atoms with Gasteiger partial charge in [-0.1, -0.05) is 30.3 Å². The number of hydrogen-bond donors (Lipinski definition) is 0. The van der Waals surface area contributed by atoms with Crippen LogP contribution in [0.5, 0.6) is 11.6 Å². The molecule has 0 saturated heterocycles. The third kappa shape index (κ3) is 4.54. The number of rotatable bonds is 8. The quantitative estimate of drug-likeness (QED) is 0.419. The Bertz CT molecular complexity index is 1100. The number of nitro groups is 1. The zero-order chi connectivity index (χ0) is 20.6. The topological polar surface area (TPSA) is 129 Å². The van der Waals surface area contributed by atoms with E-state index in [4.69, 9.17) is 15.3 Å². The highest BCUT2D eigenvalue weighted by Crippen LogP contribution is 2.36. The number of aromatic nitrogens is 2. The van der Waals surface area contributed by atoms with Crippen molar-refractivity contribution in [1.82, 2.24) is 9.97 Å². The van der Waals surface area contributed by atoms with E-state index in [0.717, 1.165) is 10.8 Å². The van der Waals surface area contributed by atoms with Crippen LogP contribution in [0, 0.1) is 32.8 Å². The number of nitrogens with zero attached hydrogens (tertiary/aromatic N) is 6. The predicted octanol–water partition coefficient (Wildman–Crippen LogP) is 3.96. The van der Waals surface area contributed by atoms with E-state index in [-0.39, 0.29) is 37.6 Å². The molecule has 9 nitrogen and oxygen atoms in total. The van der Waals surface area contributed by atoms with E-state index in [1.54, 1.807) is 12.1 Å². The minimum Gasteiger partial charge on any atom is -0.434 e. The molecule has 0 atom stereocenters. The molecule has 0 radical (unpaired) electrons. The van der Waals surface area contributed by atoms with Gasteiger partial charge in [-0.15, -0.1) is 0 Å². The van der Waals surface area contributed by atoms with Crippen LogP contribution < -0.4 is 9.64 Å². The molecule has 0 spiro atoms. The number of nitriles is 2. The first-order valence-corrected chi connectivity index (χ1v) is 8.79. The number of fused-ring (bicyclic) bond motifs is 1. The molecular weight excluding hydrogens is 372 g/mol. The van der Waals surface area contributed by atoms with Gasteiger partial charge in [-0.25, -0.2) is 4.98 Å². The van der Waals surface area contributed by atoms with E-state index >= 15 is 0 Å². The maximum absolute atomic E-state index is 11.8. The van der Waals surface area contributed by atoms with Crippen molar-refractivity contribution < 1.29 is 9.66 Å². The second kappa shape index (κ2) is 9.11. The lowest BCUT2D eigenvalue weighted by Crippen LogP contribution is -2.27. The van der Waals surface area contributed by atoms with Gasteiger partial charge in [-0.2, -0.15) is 15.5 Å². The molecule has 29 heavy (non-hydrogen) atoms. The smallest absolute Gasteiger partial charge is 0.373 e. The normalized spacial score (nSPS) is 10.1. The molecule has 0 amide bonds. The molecule has 0 aliphatic rings. The Labute approximate surface area is 166 Å². The fourth-order valence-corrected chi connectivity index (χ4v) is 2.86. The molecule has 0 aliphatic carbocycles. The summed E-state index contributed by atoms with van der Waals surface area (Å²) in [6.45, 7) is 0.400. The molecule has 0 N–H and O–H groups in total. The highest BCUT2D eigenvalue weighted by Gasteiger charge is 2.28. The highest BCUT2D eigenvalue weighted by atomic mass is 16.6. The minimum atomic E-state index is -0.614. The zero-order valence-corrected chi connectivity index (χ0v) is 15.4. The van der Waals surface area contributed by atoms with Crippen LogP contribution in [0.1, 0.15) is 12.8 Å². The molecule has 0 unspecified atom stereocenters. The van der Waals surface area contributed by atoms with Gasteiger partial charge >= 0.3 is 11.6 Å². The number of ether oxygens (including phenoxy) is 1. The summed E-state index contributed by atoms with van der Waals surface area (Å²) < 4.78 is 5.73. The van der Waals surface area contributed by atoms with Gasteiger partial charge in [0.25, 0.3) is 0 Å². The number of hydrogen-bond acceptors (Lipinski definition) is 8. The molecule has 0 saturated carbocycles. The zero-order valence-electron chi connectivity index (χ0n) is 15.4. The number of benzene rings is 2. The van der Waals surface area contributed by atoms with Crippen LogP contribution in [0.3, 0.4) is 0 Å². The van der Waals surface area contributed by atoms with Gasteiger partial charge in [0, 0.05) is 13.1 Å². The van der Waals surface area contributed by atoms with Gasteiger partial charge in [0.05, 0.1) is 29.9 Å². The standard InChI is InChI=1S/C20H16N6O3/c21-9-3-11-25(12-4-10-22)19-18(26(27)28)20(24-14-23-19)29-17-8-7-15-5-1-2-6-16(15)13-17/h1-2,5-8,13-14H,3-4,11-12H2. The Hall–Kier alpha value is -4.24. The Balaban J connectivity index is 1.99. The van der Waals surface area contributed by atoms with Crippen LogP contribution in [-0.2, 0) is 0 Å². The summed E-state index contributed by atoms with van der Waals surface area (Å²) in [7, 11) is 0. The van der Waals surface area contributed by atoms with E-state index < -0.39 is 10.6 Å². The van der Waals surface area contributed by atoms with Crippen LogP contribution in [0.25, 0.3) is 10.8 Å². The van der Waals surface area contributed by atoms with Crippen LogP contribution in [0.15, 0.2) is 48.8 Å². The van der Waals surface area contributed by atoms with Gasteiger partial charge in [0.15, 0.2) is 0 Å². The van der Waals surface area contributed by atoms with Crippen molar-refractivity contribution in [3.63, 3.8) is 0 Å². The van der Waals surface area contributed by atoms with Gasteiger partial charge in [0.1, 0.15) is 12.1 Å². The van der Waals surface area contributed by atoms with Gasteiger partial charge < -0.3 is 9.64 Å². The maximum Gasteiger partial charge on any atom is 0.373 e. The lowest BCUT2D eigenvalue weighted by Gasteiger charge is -2.21. The van der Waals surface area contributed by atoms with E-state index in [9.17, 15) is 10.1 Å². The highest BCUT2D eigenvalue weighted by molar-refractivity contribution is 5.83. The molecule has 0 aliphatic heterocycles. The SMILES string of the molecule is N#CCCN(CCC#N)c1ncnc(Oc2ccc3ccccc3c2)c1[N+](=O)[O-]. The van der Waals surface area contributed by atoms with Crippen molar-refractivity contribution in [2.24, 2.45) is 0 Å². The Morgan fingerprint density at radius 1 is 1.03 bits per heavy atom. The Morgan fingerprint density at radius 3 is 2.38 bits per heavy atom. The fraction of sp³-hybridized carbons (Fsp3) is 0.200. The van der Waals surface area contributed by atoms with Crippen molar-refractivity contribution in [1.29, 1.82) is 10.5 Å². The van der Waals surface area contributed by atoms with E-state index in [2.05, 4.69) is 9.97 Å². The lowest BCUT2D eigenvalue weighted by atomic mass is 10.1. The molecule has 3 rings (SSSR count). The van der Waals surface area contributed by atoms with E-state index in [1.165, 1.54) is 11.2 Å². The molecule has 144 valence electrons. The summed E-state index contributed by atoms with van der Waals surface area (Å²) in [6, 6.07) is 17.0. The Kier molecular flexibility index (Phi) is 6.13. The fourth-order valence-electron chi connectivity index (χ4n) is 2.86. The van der Waals surface area contributed by atoms with Crippen LogP contribution >= 0.6 is 0 Å². The molecule has 3 aromatic rings. The van der Waals surface area contributed by atoms with E-state index in [0.29, 0.717) is 5.75 Å². The molecule has 0 fully saturated rings. The summed E-state index contributed by atoms with van der Waals surface area (Å²) in [5.41, 5.74) is -0.406. The molecule has 9 heteroatoms. The first-order valence-electron chi connectivity index (χ1n) is 8.79. The molecule has 2 aromatic carbocycles. The Morgan fingerprint density at radius 2 is 1.72 bits per heavy atom.